The molecule has 2 aliphatic rings. The van der Waals surface area contributed by atoms with Gasteiger partial charge in [0, 0.05) is 37.8 Å². The summed E-state index contributed by atoms with van der Waals surface area (Å²) in [5.74, 6) is 0. The summed E-state index contributed by atoms with van der Waals surface area (Å²) in [6, 6.07) is 0.647. The number of hydrogen-bond donors (Lipinski definition) is 2. The second-order valence-electron chi connectivity index (χ2n) is 6.22. The maximum Gasteiger partial charge on any atom is 0.0673 e. The van der Waals surface area contributed by atoms with Gasteiger partial charge < -0.3 is 20.1 Å². The van der Waals surface area contributed by atoms with Crippen molar-refractivity contribution in [3.63, 3.8) is 0 Å². The summed E-state index contributed by atoms with van der Waals surface area (Å²) in [5.41, 5.74) is -0.114. The first-order valence-electron chi connectivity index (χ1n) is 7.34. The Balaban J connectivity index is 1.76. The fourth-order valence-corrected chi connectivity index (χ4v) is 2.61. The first-order chi connectivity index (χ1) is 8.61. The van der Waals surface area contributed by atoms with E-state index >= 15 is 0 Å². The highest BCUT2D eigenvalue weighted by Gasteiger charge is 2.32. The number of hydrogen-bond acceptors (Lipinski definition) is 4. The molecule has 1 saturated heterocycles. The number of rotatable bonds is 6. The molecule has 2 unspecified atom stereocenters. The molecule has 0 aromatic carbocycles. The molecular weight excluding hydrogens is 228 g/mol. The van der Waals surface area contributed by atoms with Crippen LogP contribution in [0, 0.1) is 0 Å². The Morgan fingerprint density at radius 3 is 2.89 bits per heavy atom. The smallest absolute Gasteiger partial charge is 0.0673 e. The van der Waals surface area contributed by atoms with E-state index in [2.05, 4.69) is 24.1 Å². The molecule has 4 nitrogen and oxygen atoms in total. The molecule has 0 bridgehead atoms. The Hall–Kier alpha value is -0.160. The lowest BCUT2D eigenvalue weighted by Gasteiger charge is -2.32. The minimum atomic E-state index is -0.114. The van der Waals surface area contributed by atoms with Gasteiger partial charge in [-0.15, -0.1) is 0 Å². The summed E-state index contributed by atoms with van der Waals surface area (Å²) in [7, 11) is 0. The lowest BCUT2D eigenvalue weighted by molar-refractivity contribution is 0.0650. The normalized spacial score (nSPS) is 29.8. The largest absolute Gasteiger partial charge is 0.394 e. The monoisotopic (exact) mass is 256 g/mol. The van der Waals surface area contributed by atoms with Crippen LogP contribution in [0.4, 0.5) is 0 Å². The van der Waals surface area contributed by atoms with Gasteiger partial charge in [-0.25, -0.2) is 0 Å². The van der Waals surface area contributed by atoms with Gasteiger partial charge >= 0.3 is 0 Å². The Morgan fingerprint density at radius 2 is 2.22 bits per heavy atom. The second-order valence-corrected chi connectivity index (χ2v) is 6.22. The van der Waals surface area contributed by atoms with E-state index < -0.39 is 0 Å². The standard InChI is InChI=1S/C14H28N2O2/c1-12-10-16(7-3-9-18-12)8-6-14(2,11-17)15-13-4-5-13/h12-13,15,17H,3-11H2,1-2H3. The highest BCUT2D eigenvalue weighted by Crippen LogP contribution is 2.24. The van der Waals surface area contributed by atoms with E-state index in [1.54, 1.807) is 0 Å². The summed E-state index contributed by atoms with van der Waals surface area (Å²) < 4.78 is 5.66. The molecule has 106 valence electrons. The molecule has 4 heteroatoms. The third-order valence-electron chi connectivity index (χ3n) is 4.00. The van der Waals surface area contributed by atoms with Gasteiger partial charge in [-0.1, -0.05) is 0 Å². The number of nitrogens with zero attached hydrogens (tertiary/aromatic N) is 1. The van der Waals surface area contributed by atoms with E-state index in [1.165, 1.54) is 12.8 Å². The summed E-state index contributed by atoms with van der Waals surface area (Å²) in [6.45, 7) is 8.58. The van der Waals surface area contributed by atoms with E-state index in [0.29, 0.717) is 12.1 Å². The highest BCUT2D eigenvalue weighted by molar-refractivity contribution is 4.92. The van der Waals surface area contributed by atoms with Crippen LogP contribution in [-0.2, 0) is 4.74 Å². The van der Waals surface area contributed by atoms with Gasteiger partial charge in [0.2, 0.25) is 0 Å². The fourth-order valence-electron chi connectivity index (χ4n) is 2.61. The molecule has 2 atom stereocenters. The topological polar surface area (TPSA) is 44.7 Å². The predicted molar refractivity (Wildman–Crippen MR) is 72.7 cm³/mol. The van der Waals surface area contributed by atoms with Gasteiger partial charge in [-0.3, -0.25) is 0 Å². The summed E-state index contributed by atoms with van der Waals surface area (Å²) in [4.78, 5) is 2.47. The van der Waals surface area contributed by atoms with Gasteiger partial charge in [0.15, 0.2) is 0 Å². The van der Waals surface area contributed by atoms with Gasteiger partial charge in [0.05, 0.1) is 12.7 Å². The Kier molecular flexibility index (Phi) is 5.01. The minimum Gasteiger partial charge on any atom is -0.394 e. The molecule has 2 rings (SSSR count). The fraction of sp³-hybridized carbons (Fsp3) is 1.00. The SMILES string of the molecule is CC1CN(CCC(C)(CO)NC2CC2)CCCO1. The first kappa shape index (κ1) is 14.3. The number of nitrogens with one attached hydrogen (secondary N) is 1. The summed E-state index contributed by atoms with van der Waals surface area (Å²) >= 11 is 0. The molecule has 2 N–H and O–H groups in total. The molecule has 0 amide bonds. The Labute approximate surface area is 111 Å². The summed E-state index contributed by atoms with van der Waals surface area (Å²) in [6.07, 6.45) is 5.00. The van der Waals surface area contributed by atoms with Crippen molar-refractivity contribution < 1.29 is 9.84 Å². The van der Waals surface area contributed by atoms with E-state index in [4.69, 9.17) is 4.74 Å². The summed E-state index contributed by atoms with van der Waals surface area (Å²) in [5, 5.41) is 13.2. The molecule has 1 heterocycles. The molecule has 1 aliphatic carbocycles. The molecule has 0 aromatic rings. The molecule has 0 spiro atoms. The van der Waals surface area contributed by atoms with Crippen LogP contribution in [0.15, 0.2) is 0 Å². The Bertz CT molecular complexity index is 258. The molecule has 1 aliphatic heterocycles. The molecule has 1 saturated carbocycles. The van der Waals surface area contributed by atoms with Crippen molar-refractivity contribution in [3.05, 3.63) is 0 Å². The average Bonchev–Trinajstić information content (AvgIpc) is 3.15. The molecule has 0 aromatic heterocycles. The maximum absolute atomic E-state index is 9.59. The lowest BCUT2D eigenvalue weighted by atomic mass is 9.98. The molecule has 18 heavy (non-hydrogen) atoms. The zero-order valence-corrected chi connectivity index (χ0v) is 11.8. The zero-order chi connectivity index (χ0) is 13.0. The van der Waals surface area contributed by atoms with Crippen molar-refractivity contribution in [2.24, 2.45) is 0 Å². The van der Waals surface area contributed by atoms with Gasteiger partial charge in [0.25, 0.3) is 0 Å². The maximum atomic E-state index is 9.59. The van der Waals surface area contributed by atoms with Crippen molar-refractivity contribution in [3.8, 4) is 0 Å². The average molecular weight is 256 g/mol. The van der Waals surface area contributed by atoms with E-state index in [0.717, 1.165) is 39.1 Å². The lowest BCUT2D eigenvalue weighted by Crippen LogP contribution is -2.49. The van der Waals surface area contributed by atoms with Crippen molar-refractivity contribution in [1.29, 1.82) is 0 Å². The number of ether oxygens (including phenoxy) is 1. The van der Waals surface area contributed by atoms with Crippen LogP contribution in [0.2, 0.25) is 0 Å². The molecule has 2 fully saturated rings. The van der Waals surface area contributed by atoms with Crippen LogP contribution in [0.1, 0.15) is 39.5 Å². The van der Waals surface area contributed by atoms with E-state index in [-0.39, 0.29) is 12.1 Å². The predicted octanol–water partition coefficient (Wildman–Crippen LogP) is 0.990. The van der Waals surface area contributed by atoms with Gasteiger partial charge in [-0.05, 0) is 39.5 Å². The highest BCUT2D eigenvalue weighted by atomic mass is 16.5. The van der Waals surface area contributed by atoms with E-state index in [9.17, 15) is 5.11 Å². The van der Waals surface area contributed by atoms with Gasteiger partial charge in [0.1, 0.15) is 0 Å². The van der Waals surface area contributed by atoms with Crippen LogP contribution >= 0.6 is 0 Å². The van der Waals surface area contributed by atoms with Crippen molar-refractivity contribution in [2.45, 2.75) is 57.2 Å². The number of aliphatic hydroxyl groups is 1. The first-order valence-corrected chi connectivity index (χ1v) is 7.34. The van der Waals surface area contributed by atoms with Crippen molar-refractivity contribution >= 4 is 0 Å². The van der Waals surface area contributed by atoms with Crippen LogP contribution in [-0.4, -0.2) is 60.5 Å². The van der Waals surface area contributed by atoms with Crippen LogP contribution in [0.5, 0.6) is 0 Å². The third-order valence-corrected chi connectivity index (χ3v) is 4.00. The Morgan fingerprint density at radius 1 is 1.44 bits per heavy atom. The van der Waals surface area contributed by atoms with Crippen LogP contribution in [0.25, 0.3) is 0 Å². The van der Waals surface area contributed by atoms with Crippen molar-refractivity contribution in [2.75, 3.05) is 32.8 Å². The minimum absolute atomic E-state index is 0.114. The van der Waals surface area contributed by atoms with Crippen LogP contribution < -0.4 is 5.32 Å². The third kappa shape index (κ3) is 4.50. The van der Waals surface area contributed by atoms with Crippen molar-refractivity contribution in [1.82, 2.24) is 10.2 Å². The number of aliphatic hydroxyl groups excluding tert-OH is 1. The molecular formula is C14H28N2O2. The zero-order valence-electron chi connectivity index (χ0n) is 11.8. The van der Waals surface area contributed by atoms with Crippen LogP contribution in [0.3, 0.4) is 0 Å². The van der Waals surface area contributed by atoms with E-state index in [1.807, 2.05) is 0 Å². The van der Waals surface area contributed by atoms with Gasteiger partial charge in [-0.2, -0.15) is 0 Å². The molecule has 0 radical (unpaired) electrons. The second kappa shape index (κ2) is 6.33. The quantitative estimate of drug-likeness (QED) is 0.744.